The van der Waals surface area contributed by atoms with Crippen molar-refractivity contribution in [3.8, 4) is 17.3 Å². The fraction of sp³-hybridized carbons (Fsp3) is 0.200. The Morgan fingerprint density at radius 1 is 1.30 bits per heavy atom. The number of carbonyl (C=O) groups excluding carboxylic acids is 1. The Kier molecular flexibility index (Phi) is 4.05. The molecule has 0 fully saturated rings. The number of nitrogens with one attached hydrogen (secondary N) is 1. The maximum absolute atomic E-state index is 11.9. The van der Waals surface area contributed by atoms with Crippen LogP contribution in [0.4, 0.5) is 6.01 Å². The molecule has 1 N–H and O–H groups in total. The molecule has 0 aliphatic heterocycles. The number of ether oxygens (including phenoxy) is 1. The minimum atomic E-state index is -0.381. The van der Waals surface area contributed by atoms with Gasteiger partial charge in [-0.3, -0.25) is 14.8 Å². The summed E-state index contributed by atoms with van der Waals surface area (Å²) in [7, 11) is 1.76. The Labute approximate surface area is 132 Å². The highest BCUT2D eigenvalue weighted by Crippen LogP contribution is 2.19. The van der Waals surface area contributed by atoms with Gasteiger partial charge in [-0.25, -0.2) is 0 Å². The van der Waals surface area contributed by atoms with Crippen LogP contribution in [0.5, 0.6) is 5.75 Å². The molecule has 8 nitrogen and oxygen atoms in total. The van der Waals surface area contributed by atoms with Gasteiger partial charge in [0.1, 0.15) is 11.4 Å². The molecule has 23 heavy (non-hydrogen) atoms. The third-order valence-electron chi connectivity index (χ3n) is 3.16. The fourth-order valence-corrected chi connectivity index (χ4v) is 1.98. The van der Waals surface area contributed by atoms with E-state index < -0.39 is 0 Å². The highest BCUT2D eigenvalue weighted by Gasteiger charge is 2.14. The fourth-order valence-electron chi connectivity index (χ4n) is 1.98. The molecule has 0 saturated carbocycles. The topological polar surface area (TPSA) is 95.1 Å². The molecule has 0 aliphatic rings. The van der Waals surface area contributed by atoms with Gasteiger partial charge in [-0.2, -0.15) is 5.10 Å². The van der Waals surface area contributed by atoms with Crippen molar-refractivity contribution in [2.75, 3.05) is 11.9 Å². The lowest BCUT2D eigenvalue weighted by atomic mass is 10.2. The van der Waals surface area contributed by atoms with E-state index in [1.165, 1.54) is 0 Å². The molecule has 0 spiro atoms. The minimum absolute atomic E-state index is 0.0135. The van der Waals surface area contributed by atoms with Crippen molar-refractivity contribution < 1.29 is 13.9 Å². The van der Waals surface area contributed by atoms with Crippen LogP contribution in [0.15, 0.2) is 40.9 Å². The smallest absolute Gasteiger partial charge is 0.322 e. The summed E-state index contributed by atoms with van der Waals surface area (Å²) in [4.78, 5) is 11.9. The lowest BCUT2D eigenvalue weighted by Crippen LogP contribution is -2.20. The summed E-state index contributed by atoms with van der Waals surface area (Å²) in [6, 6.07) is 9.21. The Hall–Kier alpha value is -3.16. The van der Waals surface area contributed by atoms with E-state index >= 15 is 0 Å². The molecule has 0 saturated heterocycles. The van der Waals surface area contributed by atoms with E-state index in [-0.39, 0.29) is 24.4 Å². The van der Waals surface area contributed by atoms with Crippen molar-refractivity contribution in [1.82, 2.24) is 20.0 Å². The number of hydrogen-bond donors (Lipinski definition) is 1. The Bertz CT molecular complexity index is 824. The van der Waals surface area contributed by atoms with Crippen molar-refractivity contribution in [2.45, 2.75) is 6.92 Å². The maximum atomic E-state index is 11.9. The van der Waals surface area contributed by atoms with Crippen molar-refractivity contribution in [1.29, 1.82) is 0 Å². The van der Waals surface area contributed by atoms with E-state index in [9.17, 15) is 4.79 Å². The van der Waals surface area contributed by atoms with Gasteiger partial charge in [0, 0.05) is 13.2 Å². The minimum Gasteiger partial charge on any atom is -0.483 e. The van der Waals surface area contributed by atoms with E-state index in [2.05, 4.69) is 20.6 Å². The van der Waals surface area contributed by atoms with Gasteiger partial charge in [-0.1, -0.05) is 23.3 Å². The highest BCUT2D eigenvalue weighted by molar-refractivity contribution is 5.89. The predicted octanol–water partition coefficient (Wildman–Crippen LogP) is 1.80. The number of carbonyl (C=O) groups is 1. The summed E-state index contributed by atoms with van der Waals surface area (Å²) in [5, 5.41) is 14.2. The van der Waals surface area contributed by atoms with Gasteiger partial charge in [0.2, 0.25) is 0 Å². The van der Waals surface area contributed by atoms with E-state index in [0.717, 1.165) is 5.56 Å². The summed E-state index contributed by atoms with van der Waals surface area (Å²) in [6.07, 6.45) is 1.62. The Morgan fingerprint density at radius 3 is 2.87 bits per heavy atom. The van der Waals surface area contributed by atoms with Crippen LogP contribution in [0.3, 0.4) is 0 Å². The number of nitrogens with zero attached hydrogens (tertiary/aromatic N) is 4. The van der Waals surface area contributed by atoms with Crippen LogP contribution in [0.2, 0.25) is 0 Å². The van der Waals surface area contributed by atoms with Crippen LogP contribution in [0.25, 0.3) is 11.6 Å². The average Bonchev–Trinajstić information content (AvgIpc) is 3.15. The second kappa shape index (κ2) is 6.30. The lowest BCUT2D eigenvalue weighted by molar-refractivity contribution is -0.118. The lowest BCUT2D eigenvalue weighted by Gasteiger charge is -2.07. The van der Waals surface area contributed by atoms with Crippen LogP contribution in [-0.4, -0.2) is 32.5 Å². The number of hydrogen-bond acceptors (Lipinski definition) is 6. The van der Waals surface area contributed by atoms with Crippen LogP contribution in [0.1, 0.15) is 5.56 Å². The van der Waals surface area contributed by atoms with Crippen molar-refractivity contribution in [3.05, 3.63) is 42.1 Å². The van der Waals surface area contributed by atoms with Crippen LogP contribution >= 0.6 is 0 Å². The third kappa shape index (κ3) is 3.37. The molecule has 0 unspecified atom stereocenters. The molecule has 0 bridgehead atoms. The van der Waals surface area contributed by atoms with Crippen LogP contribution in [0, 0.1) is 6.92 Å². The molecule has 118 valence electrons. The summed E-state index contributed by atoms with van der Waals surface area (Å²) in [6.45, 7) is 1.76. The monoisotopic (exact) mass is 313 g/mol. The first-order valence-electron chi connectivity index (χ1n) is 6.93. The summed E-state index contributed by atoms with van der Waals surface area (Å²) < 4.78 is 12.4. The summed E-state index contributed by atoms with van der Waals surface area (Å²) in [5.74, 6) is 0.553. The zero-order chi connectivity index (χ0) is 16.2. The molecule has 0 radical (unpaired) electrons. The van der Waals surface area contributed by atoms with Crippen LogP contribution < -0.4 is 10.1 Å². The maximum Gasteiger partial charge on any atom is 0.322 e. The molecule has 0 aliphatic carbocycles. The van der Waals surface area contributed by atoms with Crippen molar-refractivity contribution in [2.24, 2.45) is 7.05 Å². The third-order valence-corrected chi connectivity index (χ3v) is 3.16. The van der Waals surface area contributed by atoms with E-state index in [4.69, 9.17) is 9.15 Å². The number of para-hydroxylation sites is 1. The number of aromatic nitrogens is 4. The molecule has 2 heterocycles. The zero-order valence-electron chi connectivity index (χ0n) is 12.7. The molecular weight excluding hydrogens is 298 g/mol. The Morgan fingerprint density at radius 2 is 2.13 bits per heavy atom. The van der Waals surface area contributed by atoms with Crippen molar-refractivity contribution >= 4 is 11.9 Å². The number of amides is 1. The number of anilines is 1. The van der Waals surface area contributed by atoms with Gasteiger partial charge in [0.15, 0.2) is 6.61 Å². The summed E-state index contributed by atoms with van der Waals surface area (Å²) >= 11 is 0. The average molecular weight is 313 g/mol. The highest BCUT2D eigenvalue weighted by atomic mass is 16.5. The van der Waals surface area contributed by atoms with E-state index in [1.807, 2.05) is 25.1 Å². The van der Waals surface area contributed by atoms with E-state index in [0.29, 0.717) is 11.4 Å². The van der Waals surface area contributed by atoms with E-state index in [1.54, 1.807) is 30.1 Å². The molecule has 3 aromatic rings. The number of aryl methyl sites for hydroxylation is 2. The molecule has 1 aromatic carbocycles. The second-order valence-corrected chi connectivity index (χ2v) is 4.85. The predicted molar refractivity (Wildman–Crippen MR) is 81.8 cm³/mol. The first-order chi connectivity index (χ1) is 11.1. The summed E-state index contributed by atoms with van der Waals surface area (Å²) in [5.41, 5.74) is 1.62. The molecule has 3 rings (SSSR count). The van der Waals surface area contributed by atoms with Gasteiger partial charge in [0.05, 0.1) is 0 Å². The molecule has 1 amide bonds. The SMILES string of the molecule is Cc1ccccc1OCC(=O)Nc1nnc(-c2ccnn2C)o1. The quantitative estimate of drug-likeness (QED) is 0.771. The molecular formula is C15H15N5O3. The van der Waals surface area contributed by atoms with Crippen molar-refractivity contribution in [3.63, 3.8) is 0 Å². The number of benzene rings is 1. The normalized spacial score (nSPS) is 10.5. The first kappa shape index (κ1) is 14.8. The second-order valence-electron chi connectivity index (χ2n) is 4.85. The standard InChI is InChI=1S/C15H15N5O3/c1-10-5-3-4-6-12(10)22-9-13(21)17-15-19-18-14(23-15)11-7-8-16-20(11)2/h3-8H,9H2,1-2H3,(H,17,19,21). The molecule has 2 aromatic heterocycles. The Balaban J connectivity index is 1.59. The number of rotatable bonds is 5. The molecule has 0 atom stereocenters. The first-order valence-corrected chi connectivity index (χ1v) is 6.93. The molecule has 8 heteroatoms. The van der Waals surface area contributed by atoms with Gasteiger partial charge in [-0.15, -0.1) is 5.10 Å². The zero-order valence-corrected chi connectivity index (χ0v) is 12.7. The van der Waals surface area contributed by atoms with Crippen LogP contribution in [-0.2, 0) is 11.8 Å². The van der Waals surface area contributed by atoms with Gasteiger partial charge < -0.3 is 9.15 Å². The van der Waals surface area contributed by atoms with Gasteiger partial charge in [-0.05, 0) is 24.6 Å². The largest absolute Gasteiger partial charge is 0.483 e. The van der Waals surface area contributed by atoms with Gasteiger partial charge in [0.25, 0.3) is 11.8 Å². The van der Waals surface area contributed by atoms with Gasteiger partial charge >= 0.3 is 6.01 Å².